The van der Waals surface area contributed by atoms with Crippen LogP contribution in [0.5, 0.6) is 0 Å². The van der Waals surface area contributed by atoms with Crippen LogP contribution in [0.25, 0.3) is 0 Å². The number of amides is 2. The van der Waals surface area contributed by atoms with E-state index < -0.39 is 28.4 Å². The summed E-state index contributed by atoms with van der Waals surface area (Å²) in [7, 11) is -3.69. The molecular formula is C16H16BrN3O4S. The molecule has 0 aliphatic heterocycles. The Labute approximate surface area is 154 Å². The molecule has 25 heavy (non-hydrogen) atoms. The van der Waals surface area contributed by atoms with E-state index in [2.05, 4.69) is 21.2 Å². The zero-order valence-corrected chi connectivity index (χ0v) is 15.7. The van der Waals surface area contributed by atoms with Crippen molar-refractivity contribution in [2.75, 3.05) is 22.4 Å². The van der Waals surface area contributed by atoms with Gasteiger partial charge in [0, 0.05) is 4.47 Å². The molecule has 0 atom stereocenters. The van der Waals surface area contributed by atoms with Gasteiger partial charge in [0.05, 0.1) is 23.2 Å². The number of hydrogen-bond donors (Lipinski definition) is 2. The van der Waals surface area contributed by atoms with Crippen LogP contribution in [0, 0.1) is 0 Å². The standard InChI is InChI=1S/C16H16BrN3O4S/c1-25(23,24)20(12-6-4-5-11(17)9-12)10-15(21)19-14-8-3-2-7-13(14)16(18)22/h2-9H,10H2,1H3,(H2,18,22)(H,19,21). The Morgan fingerprint density at radius 2 is 1.84 bits per heavy atom. The predicted octanol–water partition coefficient (Wildman–Crippen LogP) is 1.95. The van der Waals surface area contributed by atoms with Gasteiger partial charge in [0.25, 0.3) is 5.91 Å². The molecule has 0 bridgehead atoms. The highest BCUT2D eigenvalue weighted by Gasteiger charge is 2.21. The van der Waals surface area contributed by atoms with Crippen molar-refractivity contribution in [1.29, 1.82) is 0 Å². The number of carbonyl (C=O) groups is 2. The third kappa shape index (κ3) is 5.04. The van der Waals surface area contributed by atoms with Gasteiger partial charge in [-0.2, -0.15) is 0 Å². The molecule has 0 radical (unpaired) electrons. The maximum Gasteiger partial charge on any atom is 0.250 e. The molecule has 0 aliphatic carbocycles. The molecule has 0 unspecified atom stereocenters. The predicted molar refractivity (Wildman–Crippen MR) is 99.9 cm³/mol. The molecule has 0 saturated heterocycles. The Bertz CT molecular complexity index is 915. The van der Waals surface area contributed by atoms with Crippen molar-refractivity contribution < 1.29 is 18.0 Å². The summed E-state index contributed by atoms with van der Waals surface area (Å²) in [5.41, 5.74) is 5.98. The summed E-state index contributed by atoms with van der Waals surface area (Å²) in [6.45, 7) is -0.442. The topological polar surface area (TPSA) is 110 Å². The van der Waals surface area contributed by atoms with Gasteiger partial charge in [-0.25, -0.2) is 8.42 Å². The van der Waals surface area contributed by atoms with Crippen LogP contribution in [0.2, 0.25) is 0 Å². The number of carbonyl (C=O) groups excluding carboxylic acids is 2. The second-order valence-electron chi connectivity index (χ2n) is 5.21. The maximum atomic E-state index is 12.3. The number of para-hydroxylation sites is 1. The number of nitrogens with one attached hydrogen (secondary N) is 1. The highest BCUT2D eigenvalue weighted by Crippen LogP contribution is 2.22. The van der Waals surface area contributed by atoms with Crippen LogP contribution in [0.1, 0.15) is 10.4 Å². The summed E-state index contributed by atoms with van der Waals surface area (Å²) in [6, 6.07) is 12.8. The number of rotatable bonds is 6. The first-order chi connectivity index (χ1) is 11.7. The fourth-order valence-corrected chi connectivity index (χ4v) is 3.39. The van der Waals surface area contributed by atoms with Crippen LogP contribution >= 0.6 is 15.9 Å². The highest BCUT2D eigenvalue weighted by molar-refractivity contribution is 9.10. The third-order valence-corrected chi connectivity index (χ3v) is 4.88. The minimum atomic E-state index is -3.69. The molecule has 2 amide bonds. The van der Waals surface area contributed by atoms with Crippen molar-refractivity contribution in [2.45, 2.75) is 0 Å². The Kier molecular flexibility index (Phi) is 5.81. The van der Waals surface area contributed by atoms with Crippen LogP contribution in [0.3, 0.4) is 0 Å². The number of primary amides is 1. The fourth-order valence-electron chi connectivity index (χ4n) is 2.16. The number of hydrogen-bond acceptors (Lipinski definition) is 4. The lowest BCUT2D eigenvalue weighted by molar-refractivity contribution is -0.114. The molecule has 0 spiro atoms. The van der Waals surface area contributed by atoms with Gasteiger partial charge in [-0.15, -0.1) is 0 Å². The second kappa shape index (κ2) is 7.66. The van der Waals surface area contributed by atoms with Crippen LogP contribution in [0.15, 0.2) is 53.0 Å². The molecule has 2 aromatic carbocycles. The molecule has 0 aliphatic rings. The first kappa shape index (κ1) is 18.9. The first-order valence-corrected chi connectivity index (χ1v) is 9.74. The first-order valence-electron chi connectivity index (χ1n) is 7.10. The van der Waals surface area contributed by atoms with E-state index in [-0.39, 0.29) is 11.3 Å². The average Bonchev–Trinajstić information content (AvgIpc) is 2.52. The van der Waals surface area contributed by atoms with E-state index in [0.717, 1.165) is 10.6 Å². The van der Waals surface area contributed by atoms with Gasteiger partial charge in [-0.3, -0.25) is 13.9 Å². The number of sulfonamides is 1. The van der Waals surface area contributed by atoms with Crippen molar-refractivity contribution >= 4 is 49.1 Å². The number of benzene rings is 2. The van der Waals surface area contributed by atoms with Crippen molar-refractivity contribution in [3.63, 3.8) is 0 Å². The number of halogens is 1. The molecule has 3 N–H and O–H groups in total. The summed E-state index contributed by atoms with van der Waals surface area (Å²) in [5.74, 6) is -1.29. The van der Waals surface area contributed by atoms with Crippen LogP contribution < -0.4 is 15.4 Å². The summed E-state index contributed by atoms with van der Waals surface area (Å²) >= 11 is 3.27. The second-order valence-corrected chi connectivity index (χ2v) is 8.03. The van der Waals surface area contributed by atoms with E-state index in [4.69, 9.17) is 5.73 Å². The van der Waals surface area contributed by atoms with E-state index in [0.29, 0.717) is 10.2 Å². The molecule has 0 aromatic heterocycles. The third-order valence-electron chi connectivity index (χ3n) is 3.25. The smallest absolute Gasteiger partial charge is 0.250 e. The highest BCUT2D eigenvalue weighted by atomic mass is 79.9. The van der Waals surface area contributed by atoms with Crippen LogP contribution in [-0.2, 0) is 14.8 Å². The monoisotopic (exact) mass is 425 g/mol. The van der Waals surface area contributed by atoms with E-state index in [1.807, 2.05) is 0 Å². The molecule has 132 valence electrons. The number of nitrogens with two attached hydrogens (primary N) is 1. The van der Waals surface area contributed by atoms with Crippen molar-refractivity contribution in [1.82, 2.24) is 0 Å². The lowest BCUT2D eigenvalue weighted by atomic mass is 10.1. The zero-order chi connectivity index (χ0) is 18.6. The zero-order valence-electron chi connectivity index (χ0n) is 13.3. The van der Waals surface area contributed by atoms with Crippen molar-refractivity contribution in [3.8, 4) is 0 Å². The lowest BCUT2D eigenvalue weighted by Gasteiger charge is -2.22. The SMILES string of the molecule is CS(=O)(=O)N(CC(=O)Nc1ccccc1C(N)=O)c1cccc(Br)c1. The van der Waals surface area contributed by atoms with Gasteiger partial charge in [0.1, 0.15) is 6.54 Å². The number of nitrogens with zero attached hydrogens (tertiary/aromatic N) is 1. The molecular weight excluding hydrogens is 410 g/mol. The molecule has 9 heteroatoms. The Balaban J connectivity index is 2.26. The summed E-state index contributed by atoms with van der Waals surface area (Å²) in [4.78, 5) is 23.7. The van der Waals surface area contributed by atoms with Crippen molar-refractivity contribution in [3.05, 3.63) is 58.6 Å². The van der Waals surface area contributed by atoms with E-state index in [1.54, 1.807) is 36.4 Å². The fraction of sp³-hybridized carbons (Fsp3) is 0.125. The molecule has 2 rings (SSSR count). The van der Waals surface area contributed by atoms with Crippen LogP contribution in [0.4, 0.5) is 11.4 Å². The average molecular weight is 426 g/mol. The lowest BCUT2D eigenvalue weighted by Crippen LogP contribution is -2.37. The normalized spacial score (nSPS) is 11.0. The van der Waals surface area contributed by atoms with Crippen molar-refractivity contribution in [2.24, 2.45) is 5.73 Å². The van der Waals surface area contributed by atoms with Gasteiger partial charge in [-0.05, 0) is 30.3 Å². The van der Waals surface area contributed by atoms with Gasteiger partial charge in [0.15, 0.2) is 0 Å². The largest absolute Gasteiger partial charge is 0.366 e. The van der Waals surface area contributed by atoms with E-state index in [1.165, 1.54) is 12.1 Å². The summed E-state index contributed by atoms with van der Waals surface area (Å²) in [5, 5.41) is 2.52. The maximum absolute atomic E-state index is 12.3. The molecule has 2 aromatic rings. The van der Waals surface area contributed by atoms with Gasteiger partial charge < -0.3 is 11.1 Å². The molecule has 7 nitrogen and oxygen atoms in total. The minimum absolute atomic E-state index is 0.143. The molecule has 0 fully saturated rings. The van der Waals surface area contributed by atoms with Gasteiger partial charge in [-0.1, -0.05) is 34.1 Å². The van der Waals surface area contributed by atoms with Crippen LogP contribution in [-0.4, -0.2) is 33.0 Å². The Morgan fingerprint density at radius 3 is 2.44 bits per heavy atom. The minimum Gasteiger partial charge on any atom is -0.366 e. The van der Waals surface area contributed by atoms with Gasteiger partial charge >= 0.3 is 0 Å². The summed E-state index contributed by atoms with van der Waals surface area (Å²) in [6.07, 6.45) is 1.01. The molecule has 0 heterocycles. The van der Waals surface area contributed by atoms with E-state index in [9.17, 15) is 18.0 Å². The van der Waals surface area contributed by atoms with E-state index >= 15 is 0 Å². The Morgan fingerprint density at radius 1 is 1.16 bits per heavy atom. The summed E-state index contributed by atoms with van der Waals surface area (Å²) < 4.78 is 25.8. The molecule has 0 saturated carbocycles. The van der Waals surface area contributed by atoms with Gasteiger partial charge in [0.2, 0.25) is 15.9 Å². The Hall–Kier alpha value is -2.39. The number of anilines is 2. The quantitative estimate of drug-likeness (QED) is 0.736.